The lowest BCUT2D eigenvalue weighted by molar-refractivity contribution is -0.153. The number of carboxylic acid groups (broad SMARTS) is 2. The van der Waals surface area contributed by atoms with Crippen molar-refractivity contribution in [3.8, 4) is 0 Å². The minimum absolute atomic E-state index is 0.0232. The Morgan fingerprint density at radius 2 is 0.733 bits per heavy atom. The van der Waals surface area contributed by atoms with Crippen LogP contribution in [-0.2, 0) is 54.3 Å². The normalized spacial score (nSPS) is 18.2. The lowest BCUT2D eigenvalue weighted by Crippen LogP contribution is -2.52. The number of carbonyl (C=O) groups excluding carboxylic acids is 4. The van der Waals surface area contributed by atoms with Crippen LogP contribution in [-0.4, -0.2) is 81.2 Å². The first-order chi connectivity index (χ1) is 28.8. The second-order valence-electron chi connectivity index (χ2n) is 16.1. The van der Waals surface area contributed by atoms with E-state index in [0.29, 0.717) is 0 Å². The fourth-order valence-electron chi connectivity index (χ4n) is 7.80. The molecule has 2 aliphatic rings. The predicted molar refractivity (Wildman–Crippen MR) is 223 cm³/mol. The van der Waals surface area contributed by atoms with Crippen LogP contribution < -0.4 is 0 Å². The molecule has 2 saturated heterocycles. The van der Waals surface area contributed by atoms with Crippen LogP contribution in [0.3, 0.4) is 0 Å². The molecule has 0 saturated carbocycles. The molecule has 12 nitrogen and oxygen atoms in total. The first-order valence-corrected chi connectivity index (χ1v) is 20.4. The quantitative estimate of drug-likeness (QED) is 0.115. The van der Waals surface area contributed by atoms with Crippen LogP contribution >= 0.6 is 0 Å². The average Bonchev–Trinajstić information content (AvgIpc) is 3.84. The topological polar surface area (TPSA) is 168 Å². The molecule has 6 atom stereocenters. The van der Waals surface area contributed by atoms with Crippen LogP contribution in [0.4, 0.5) is 9.59 Å². The summed E-state index contributed by atoms with van der Waals surface area (Å²) in [4.78, 5) is 79.7. The highest BCUT2D eigenvalue weighted by molar-refractivity contribution is 6.00. The molecule has 60 heavy (non-hydrogen) atoms. The molecule has 0 aromatic heterocycles. The van der Waals surface area contributed by atoms with E-state index >= 15 is 0 Å². The van der Waals surface area contributed by atoms with Crippen molar-refractivity contribution in [3.63, 3.8) is 0 Å². The fraction of sp³-hybridized carbons (Fsp3) is 0.375. The third kappa shape index (κ3) is 11.5. The molecule has 2 aliphatic heterocycles. The van der Waals surface area contributed by atoms with Crippen LogP contribution in [0.25, 0.3) is 0 Å². The number of carbonyl (C=O) groups is 6. The lowest BCUT2D eigenvalue weighted by Gasteiger charge is -2.33. The molecule has 0 spiro atoms. The van der Waals surface area contributed by atoms with E-state index < -0.39 is 71.7 Å². The molecule has 0 radical (unpaired) electrons. The van der Waals surface area contributed by atoms with Gasteiger partial charge in [0.25, 0.3) is 0 Å². The van der Waals surface area contributed by atoms with Gasteiger partial charge in [-0.3, -0.25) is 19.2 Å². The van der Waals surface area contributed by atoms with Gasteiger partial charge < -0.3 is 19.7 Å². The number of carboxylic acids is 2. The van der Waals surface area contributed by atoms with Crippen molar-refractivity contribution in [3.05, 3.63) is 144 Å². The number of imide groups is 2. The summed E-state index contributed by atoms with van der Waals surface area (Å²) < 4.78 is 10.6. The Hall–Kier alpha value is -6.30. The van der Waals surface area contributed by atoms with Gasteiger partial charge in [-0.2, -0.15) is 0 Å². The number of rotatable bonds is 16. The van der Waals surface area contributed by atoms with Crippen molar-refractivity contribution >= 4 is 35.9 Å². The second kappa shape index (κ2) is 21.1. The summed E-state index contributed by atoms with van der Waals surface area (Å²) in [5, 5.41) is 18.9. The summed E-state index contributed by atoms with van der Waals surface area (Å²) in [6.07, 6.45) is -0.518. The van der Waals surface area contributed by atoms with Gasteiger partial charge in [-0.05, 0) is 59.8 Å². The van der Waals surface area contributed by atoms with E-state index in [4.69, 9.17) is 9.47 Å². The minimum Gasteiger partial charge on any atom is -0.481 e. The van der Waals surface area contributed by atoms with E-state index in [1.165, 1.54) is 9.80 Å². The van der Waals surface area contributed by atoms with E-state index in [1.54, 1.807) is 0 Å². The van der Waals surface area contributed by atoms with Crippen molar-refractivity contribution in [2.24, 2.45) is 35.5 Å². The summed E-state index contributed by atoms with van der Waals surface area (Å²) in [5.74, 6) is -6.85. The Balaban J connectivity index is 0.000000263. The van der Waals surface area contributed by atoms with Gasteiger partial charge in [-0.15, -0.1) is 0 Å². The maximum Gasteiger partial charge on any atom is 0.416 e. The van der Waals surface area contributed by atoms with Crippen molar-refractivity contribution in [2.75, 3.05) is 13.2 Å². The fourth-order valence-corrected chi connectivity index (χ4v) is 7.80. The number of cyclic esters (lactones) is 2. The van der Waals surface area contributed by atoms with E-state index in [9.17, 15) is 39.0 Å². The van der Waals surface area contributed by atoms with Gasteiger partial charge in [0, 0.05) is 0 Å². The van der Waals surface area contributed by atoms with Gasteiger partial charge in [0.1, 0.15) is 13.2 Å². The van der Waals surface area contributed by atoms with Gasteiger partial charge in [0.2, 0.25) is 11.8 Å². The standard InChI is InChI=1S/C30H36N2O6.C18H18O4/c1-19(2)25-17-37-29(35)31(25)27(33)23(15-21-11-7-5-8-12-21)24(16-22-13-9-6-10-14-22)28(34)32-26(20(3)4)18-38-30(32)36;19-17(20)15(11-13-7-3-1-4-8-13)16(18(21)22)12-14-9-5-2-6-10-14/h5-14,19-20,23-26H,15-18H2,1-4H3;1-10,15-16H,11-12H2,(H,19,20)(H,21,22)/t23-,24-,25-,26-;15-,16-/m11/s1. The molecule has 6 rings (SSSR count). The zero-order chi connectivity index (χ0) is 43.3. The summed E-state index contributed by atoms with van der Waals surface area (Å²) in [6, 6.07) is 36.2. The maximum atomic E-state index is 14.3. The largest absolute Gasteiger partial charge is 0.481 e. The Labute approximate surface area is 351 Å². The number of nitrogens with zero attached hydrogens (tertiary/aromatic N) is 2. The molecular weight excluding hydrogens is 765 g/mol. The van der Waals surface area contributed by atoms with Gasteiger partial charge in [0.15, 0.2) is 0 Å². The Morgan fingerprint density at radius 1 is 0.483 bits per heavy atom. The Morgan fingerprint density at radius 3 is 0.967 bits per heavy atom. The predicted octanol–water partition coefficient (Wildman–Crippen LogP) is 7.58. The molecule has 2 heterocycles. The number of hydrogen-bond donors (Lipinski definition) is 2. The second-order valence-corrected chi connectivity index (χ2v) is 16.1. The smallest absolute Gasteiger partial charge is 0.416 e. The highest BCUT2D eigenvalue weighted by atomic mass is 16.6. The Bertz CT molecular complexity index is 1910. The highest BCUT2D eigenvalue weighted by Gasteiger charge is 2.49. The molecule has 0 unspecified atom stereocenters. The Kier molecular flexibility index (Phi) is 15.8. The summed E-state index contributed by atoms with van der Waals surface area (Å²) in [7, 11) is 0. The zero-order valence-corrected chi connectivity index (χ0v) is 34.5. The van der Waals surface area contributed by atoms with Crippen LogP contribution in [0.1, 0.15) is 49.9 Å². The van der Waals surface area contributed by atoms with Crippen molar-refractivity contribution in [2.45, 2.75) is 65.5 Å². The monoisotopic (exact) mass is 818 g/mol. The minimum atomic E-state index is -1.08. The summed E-state index contributed by atoms with van der Waals surface area (Å²) >= 11 is 0. The van der Waals surface area contributed by atoms with Crippen LogP contribution in [0.5, 0.6) is 0 Å². The first-order valence-electron chi connectivity index (χ1n) is 20.4. The molecule has 2 fully saturated rings. The number of hydrogen-bond acceptors (Lipinski definition) is 8. The van der Waals surface area contributed by atoms with E-state index in [0.717, 1.165) is 22.3 Å². The molecule has 4 aromatic rings. The number of ether oxygens (including phenoxy) is 2. The molecule has 316 valence electrons. The number of aliphatic carboxylic acids is 2. The van der Waals surface area contributed by atoms with Crippen molar-refractivity contribution in [1.82, 2.24) is 9.80 Å². The zero-order valence-electron chi connectivity index (χ0n) is 34.5. The number of benzene rings is 4. The third-order valence-electron chi connectivity index (χ3n) is 11.3. The molecule has 4 aromatic carbocycles. The molecule has 0 aliphatic carbocycles. The van der Waals surface area contributed by atoms with Gasteiger partial charge in [-0.1, -0.05) is 149 Å². The highest BCUT2D eigenvalue weighted by Crippen LogP contribution is 2.33. The summed E-state index contributed by atoms with van der Waals surface area (Å²) in [6.45, 7) is 7.95. The van der Waals surface area contributed by atoms with Gasteiger partial charge in [-0.25, -0.2) is 19.4 Å². The van der Waals surface area contributed by atoms with Crippen LogP contribution in [0.15, 0.2) is 121 Å². The SMILES string of the molecule is CC(C)[C@H]1COC(=O)N1C(=O)[C@H](Cc1ccccc1)[C@@H](Cc1ccccc1)C(=O)N1C(=O)OC[C@@H]1C(C)C.O=C(O)[C@H](Cc1ccccc1)[C@@H](Cc1ccccc1)C(=O)O. The van der Waals surface area contributed by atoms with Crippen molar-refractivity contribution in [1.29, 1.82) is 0 Å². The van der Waals surface area contributed by atoms with E-state index in [1.807, 2.05) is 149 Å². The molecule has 12 heteroatoms. The van der Waals surface area contributed by atoms with Gasteiger partial charge >= 0.3 is 24.1 Å². The van der Waals surface area contributed by atoms with Crippen molar-refractivity contribution < 1.29 is 48.5 Å². The van der Waals surface area contributed by atoms with Crippen LogP contribution in [0, 0.1) is 35.5 Å². The molecular formula is C48H54N2O10. The average molecular weight is 819 g/mol. The van der Waals surface area contributed by atoms with E-state index in [2.05, 4.69) is 0 Å². The summed E-state index contributed by atoms with van der Waals surface area (Å²) in [5.41, 5.74) is 3.37. The first kappa shape index (κ1) is 44.8. The van der Waals surface area contributed by atoms with E-state index in [-0.39, 0.29) is 50.7 Å². The molecule has 2 N–H and O–H groups in total. The van der Waals surface area contributed by atoms with Gasteiger partial charge in [0.05, 0.1) is 35.8 Å². The third-order valence-corrected chi connectivity index (χ3v) is 11.3. The lowest BCUT2D eigenvalue weighted by atomic mass is 9.80. The molecule has 0 bridgehead atoms. The molecule has 4 amide bonds. The number of amides is 4. The maximum absolute atomic E-state index is 14.3. The van der Waals surface area contributed by atoms with Crippen LogP contribution in [0.2, 0.25) is 0 Å².